The molecule has 0 spiro atoms. The largest absolute Gasteiger partial charge is 0.493 e. The molecule has 0 radical (unpaired) electrons. The van der Waals surface area contributed by atoms with E-state index in [1.54, 1.807) is 39.2 Å². The predicted octanol–water partition coefficient (Wildman–Crippen LogP) is 3.48. The van der Waals surface area contributed by atoms with Gasteiger partial charge < -0.3 is 9.47 Å². The van der Waals surface area contributed by atoms with Gasteiger partial charge in [-0.05, 0) is 36.8 Å². The van der Waals surface area contributed by atoms with Crippen LogP contribution in [-0.2, 0) is 10.0 Å². The van der Waals surface area contributed by atoms with Crippen molar-refractivity contribution in [2.45, 2.75) is 25.7 Å². The highest BCUT2D eigenvalue weighted by atomic mass is 32.2. The number of hydrogen-bond acceptors (Lipinski definition) is 8. The molecule has 0 aliphatic heterocycles. The van der Waals surface area contributed by atoms with E-state index >= 15 is 0 Å². The van der Waals surface area contributed by atoms with E-state index in [2.05, 4.69) is 10.5 Å². The van der Waals surface area contributed by atoms with Crippen LogP contribution in [0.3, 0.4) is 0 Å². The van der Waals surface area contributed by atoms with Gasteiger partial charge in [0.1, 0.15) is 4.90 Å². The maximum absolute atomic E-state index is 13.0. The summed E-state index contributed by atoms with van der Waals surface area (Å²) in [5.41, 5.74) is 3.18. The molecule has 168 valence electrons. The number of non-ortho nitro benzene ring substituents is 1. The molecule has 0 aliphatic carbocycles. The first-order valence-corrected chi connectivity index (χ1v) is 11.1. The Bertz CT molecular complexity index is 1050. The molecule has 0 fully saturated rings. The number of nitrogens with one attached hydrogen (secondary N) is 1. The third kappa shape index (κ3) is 5.70. The van der Waals surface area contributed by atoms with E-state index in [9.17, 15) is 18.5 Å². The van der Waals surface area contributed by atoms with Crippen molar-refractivity contribution in [2.75, 3.05) is 32.2 Å². The van der Waals surface area contributed by atoms with E-state index in [-0.39, 0.29) is 29.4 Å². The van der Waals surface area contributed by atoms with Crippen molar-refractivity contribution in [1.82, 2.24) is 4.31 Å². The summed E-state index contributed by atoms with van der Waals surface area (Å²) >= 11 is 0. The van der Waals surface area contributed by atoms with E-state index in [4.69, 9.17) is 9.47 Å². The van der Waals surface area contributed by atoms with Crippen molar-refractivity contribution in [3.63, 3.8) is 0 Å². The second kappa shape index (κ2) is 10.7. The van der Waals surface area contributed by atoms with Crippen LogP contribution in [0.1, 0.15) is 26.3 Å². The molecule has 0 saturated heterocycles. The second-order valence-corrected chi connectivity index (χ2v) is 8.15. The minimum atomic E-state index is -3.95. The van der Waals surface area contributed by atoms with Gasteiger partial charge >= 0.3 is 0 Å². The zero-order chi connectivity index (χ0) is 23.0. The summed E-state index contributed by atoms with van der Waals surface area (Å²) in [5.74, 6) is 1.13. The van der Waals surface area contributed by atoms with Crippen molar-refractivity contribution in [2.24, 2.45) is 5.10 Å². The minimum Gasteiger partial charge on any atom is -0.493 e. The number of nitro groups is 1. The predicted molar refractivity (Wildman–Crippen MR) is 119 cm³/mol. The number of nitrogens with zero attached hydrogens (tertiary/aromatic N) is 3. The molecule has 10 nitrogen and oxygen atoms in total. The number of nitro benzene ring substituents is 1. The first-order chi connectivity index (χ1) is 14.8. The van der Waals surface area contributed by atoms with Crippen molar-refractivity contribution in [3.05, 3.63) is 52.1 Å². The lowest BCUT2D eigenvalue weighted by molar-refractivity contribution is -0.385. The molecule has 0 heterocycles. The number of rotatable bonds is 11. The fourth-order valence-corrected chi connectivity index (χ4v) is 4.47. The van der Waals surface area contributed by atoms with Gasteiger partial charge in [-0.2, -0.15) is 9.41 Å². The molecule has 2 rings (SSSR count). The van der Waals surface area contributed by atoms with Crippen LogP contribution in [0, 0.1) is 10.1 Å². The highest BCUT2D eigenvalue weighted by Crippen LogP contribution is 2.30. The van der Waals surface area contributed by atoms with Gasteiger partial charge in [-0.3, -0.25) is 15.5 Å². The van der Waals surface area contributed by atoms with E-state index in [1.165, 1.54) is 22.7 Å². The molecule has 0 saturated carbocycles. The van der Waals surface area contributed by atoms with Gasteiger partial charge in [-0.1, -0.05) is 13.8 Å². The number of methoxy groups -OCH3 is 1. The number of hydrogen-bond donors (Lipinski definition) is 1. The average molecular weight is 451 g/mol. The summed E-state index contributed by atoms with van der Waals surface area (Å²) < 4.78 is 38.0. The lowest BCUT2D eigenvalue weighted by Gasteiger charge is -2.20. The van der Waals surface area contributed by atoms with E-state index < -0.39 is 14.9 Å². The fourth-order valence-electron chi connectivity index (χ4n) is 2.85. The van der Waals surface area contributed by atoms with Crippen molar-refractivity contribution in [1.29, 1.82) is 0 Å². The maximum atomic E-state index is 13.0. The lowest BCUT2D eigenvalue weighted by atomic mass is 10.2. The van der Waals surface area contributed by atoms with E-state index in [0.717, 1.165) is 6.07 Å². The van der Waals surface area contributed by atoms with Gasteiger partial charge in [-0.15, -0.1) is 0 Å². The standard InChI is InChI=1S/C20H26N4O6S/c1-5-23(6-2)31(27,28)20-13-16(24(25)26)9-10-17(20)22-21-14-15-8-11-18(29-4)19(12-15)30-7-3/h8-14,22H,5-7H2,1-4H3/b21-14+. The molecule has 0 atom stereocenters. The van der Waals surface area contributed by atoms with Gasteiger partial charge in [0.25, 0.3) is 5.69 Å². The maximum Gasteiger partial charge on any atom is 0.270 e. The van der Waals surface area contributed by atoms with Crippen molar-refractivity contribution >= 4 is 27.6 Å². The monoisotopic (exact) mass is 450 g/mol. The number of benzene rings is 2. The number of hydrazone groups is 1. The van der Waals surface area contributed by atoms with E-state index in [1.807, 2.05) is 6.92 Å². The van der Waals surface area contributed by atoms with Gasteiger partial charge in [-0.25, -0.2) is 8.42 Å². The fraction of sp³-hybridized carbons (Fsp3) is 0.350. The van der Waals surface area contributed by atoms with Crippen LogP contribution in [-0.4, -0.2) is 50.7 Å². The molecule has 0 aromatic heterocycles. The molecule has 11 heteroatoms. The topological polar surface area (TPSA) is 123 Å². The van der Waals surface area contributed by atoms with Crippen LogP contribution in [0.25, 0.3) is 0 Å². The van der Waals surface area contributed by atoms with Crippen LogP contribution in [0.2, 0.25) is 0 Å². The summed E-state index contributed by atoms with van der Waals surface area (Å²) in [7, 11) is -2.41. The third-order valence-electron chi connectivity index (χ3n) is 4.39. The Labute approximate surface area is 181 Å². The zero-order valence-electron chi connectivity index (χ0n) is 17.9. The third-order valence-corrected chi connectivity index (χ3v) is 6.48. The van der Waals surface area contributed by atoms with Gasteiger partial charge in [0.2, 0.25) is 10.0 Å². The SMILES string of the molecule is CCOc1cc(/C=N/Nc2ccc([N+](=O)[O-])cc2S(=O)(=O)N(CC)CC)ccc1OC. The quantitative estimate of drug-likeness (QED) is 0.316. The minimum absolute atomic E-state index is 0.132. The molecule has 1 N–H and O–H groups in total. The van der Waals surface area contributed by atoms with Crippen LogP contribution < -0.4 is 14.9 Å². The summed E-state index contributed by atoms with van der Waals surface area (Å²) in [6.45, 7) is 6.18. The van der Waals surface area contributed by atoms with Crippen molar-refractivity contribution < 1.29 is 22.8 Å². The average Bonchev–Trinajstić information content (AvgIpc) is 2.75. The Hall–Kier alpha value is -3.18. The number of anilines is 1. The Balaban J connectivity index is 2.39. The molecular formula is C20H26N4O6S. The second-order valence-electron chi connectivity index (χ2n) is 6.24. The van der Waals surface area contributed by atoms with Crippen LogP contribution in [0.5, 0.6) is 11.5 Å². The first kappa shape index (κ1) is 24.1. The molecule has 0 bridgehead atoms. The Kier molecular flexibility index (Phi) is 8.34. The van der Waals surface area contributed by atoms with Gasteiger partial charge in [0.15, 0.2) is 11.5 Å². The zero-order valence-corrected chi connectivity index (χ0v) is 18.7. The van der Waals surface area contributed by atoms with Crippen LogP contribution in [0.15, 0.2) is 46.4 Å². The first-order valence-electron chi connectivity index (χ1n) is 9.66. The molecule has 0 aliphatic rings. The summed E-state index contributed by atoms with van der Waals surface area (Å²) in [5, 5.41) is 15.3. The molecule has 31 heavy (non-hydrogen) atoms. The van der Waals surface area contributed by atoms with E-state index in [0.29, 0.717) is 23.7 Å². The molecule has 2 aromatic rings. The Morgan fingerprint density at radius 3 is 2.42 bits per heavy atom. The van der Waals surface area contributed by atoms with Crippen molar-refractivity contribution in [3.8, 4) is 11.5 Å². The highest BCUT2D eigenvalue weighted by Gasteiger charge is 2.27. The Morgan fingerprint density at radius 1 is 1.13 bits per heavy atom. The molecular weight excluding hydrogens is 424 g/mol. The summed E-state index contributed by atoms with van der Waals surface area (Å²) in [6.07, 6.45) is 1.48. The smallest absolute Gasteiger partial charge is 0.270 e. The van der Waals surface area contributed by atoms with Crippen LogP contribution in [0.4, 0.5) is 11.4 Å². The highest BCUT2D eigenvalue weighted by molar-refractivity contribution is 7.89. The summed E-state index contributed by atoms with van der Waals surface area (Å²) in [6, 6.07) is 8.80. The lowest BCUT2D eigenvalue weighted by Crippen LogP contribution is -2.31. The van der Waals surface area contributed by atoms with Crippen LogP contribution >= 0.6 is 0 Å². The summed E-state index contributed by atoms with van der Waals surface area (Å²) in [4.78, 5) is 10.3. The number of ether oxygens (including phenoxy) is 2. The molecule has 0 amide bonds. The van der Waals surface area contributed by atoms with Gasteiger partial charge in [0.05, 0.1) is 30.5 Å². The molecule has 0 unspecified atom stereocenters. The normalized spacial score (nSPS) is 11.6. The number of sulfonamides is 1. The van der Waals surface area contributed by atoms with Gasteiger partial charge in [0, 0.05) is 25.2 Å². The molecule has 2 aromatic carbocycles. The Morgan fingerprint density at radius 2 is 1.84 bits per heavy atom.